The lowest BCUT2D eigenvalue weighted by Gasteiger charge is -2.22. The summed E-state index contributed by atoms with van der Waals surface area (Å²) in [5.41, 5.74) is -0.681. The molecule has 1 aliphatic heterocycles. The lowest BCUT2D eigenvalue weighted by atomic mass is 9.92. The molecule has 8 nitrogen and oxygen atoms in total. The van der Waals surface area contributed by atoms with Crippen LogP contribution in [0.3, 0.4) is 0 Å². The zero-order valence-electron chi connectivity index (χ0n) is 16.4. The number of hydrogen-bond acceptors (Lipinski definition) is 5. The average Bonchev–Trinajstić information content (AvgIpc) is 2.92. The molecule has 0 spiro atoms. The number of ether oxygens (including phenoxy) is 2. The molecule has 0 aliphatic carbocycles. The van der Waals surface area contributed by atoms with Gasteiger partial charge in [-0.05, 0) is 48.9 Å². The first-order valence-corrected chi connectivity index (χ1v) is 8.96. The second kappa shape index (κ2) is 8.17. The molecular weight excluding hydrogens is 419 g/mol. The average molecular weight is 437 g/mol. The van der Waals surface area contributed by atoms with E-state index in [9.17, 15) is 27.6 Å². The van der Waals surface area contributed by atoms with Crippen molar-refractivity contribution in [3.63, 3.8) is 0 Å². The van der Waals surface area contributed by atoms with Crippen molar-refractivity contribution in [3.05, 3.63) is 54.1 Å². The Kier molecular flexibility index (Phi) is 5.78. The van der Waals surface area contributed by atoms with Crippen LogP contribution in [0, 0.1) is 0 Å². The number of alkyl halides is 3. The van der Waals surface area contributed by atoms with Gasteiger partial charge in [-0.1, -0.05) is 12.1 Å². The third-order valence-electron chi connectivity index (χ3n) is 4.62. The summed E-state index contributed by atoms with van der Waals surface area (Å²) in [5.74, 6) is -1.19. The molecule has 31 heavy (non-hydrogen) atoms. The van der Waals surface area contributed by atoms with E-state index in [4.69, 9.17) is 4.74 Å². The Hall–Kier alpha value is -3.76. The topological polar surface area (TPSA) is 97.0 Å². The number of carbonyl (C=O) groups excluding carboxylic acids is 3. The van der Waals surface area contributed by atoms with Crippen LogP contribution in [-0.2, 0) is 15.1 Å². The van der Waals surface area contributed by atoms with Crippen molar-refractivity contribution in [1.82, 2.24) is 10.2 Å². The second-order valence-corrected chi connectivity index (χ2v) is 6.80. The Labute approximate surface area is 174 Å². The van der Waals surface area contributed by atoms with Gasteiger partial charge in [-0.2, -0.15) is 0 Å². The minimum absolute atomic E-state index is 0.171. The summed E-state index contributed by atoms with van der Waals surface area (Å²) in [6, 6.07) is 10.3. The summed E-state index contributed by atoms with van der Waals surface area (Å²) >= 11 is 0. The zero-order chi connectivity index (χ0) is 22.8. The summed E-state index contributed by atoms with van der Waals surface area (Å²) in [7, 11) is 1.50. The van der Waals surface area contributed by atoms with Gasteiger partial charge in [0, 0.05) is 5.69 Å². The smallest absolute Gasteiger partial charge is 0.497 e. The number of hydrogen-bond donors (Lipinski definition) is 2. The van der Waals surface area contributed by atoms with Crippen LogP contribution in [0.25, 0.3) is 0 Å². The molecule has 4 amide bonds. The van der Waals surface area contributed by atoms with Crippen LogP contribution in [0.15, 0.2) is 48.5 Å². The highest BCUT2D eigenvalue weighted by Crippen LogP contribution is 2.30. The van der Waals surface area contributed by atoms with Crippen molar-refractivity contribution in [2.75, 3.05) is 19.0 Å². The Bertz CT molecular complexity index is 993. The summed E-state index contributed by atoms with van der Waals surface area (Å²) in [6.07, 6.45) is -4.83. The zero-order valence-corrected chi connectivity index (χ0v) is 16.4. The maximum atomic E-state index is 12.9. The first-order valence-electron chi connectivity index (χ1n) is 8.96. The highest BCUT2D eigenvalue weighted by Gasteiger charge is 2.49. The molecule has 3 rings (SSSR count). The monoisotopic (exact) mass is 437 g/mol. The number of imide groups is 1. The molecule has 1 fully saturated rings. The van der Waals surface area contributed by atoms with Crippen LogP contribution in [0.5, 0.6) is 11.5 Å². The van der Waals surface area contributed by atoms with Crippen molar-refractivity contribution in [2.45, 2.75) is 18.8 Å². The SMILES string of the molecule is COc1ccc(C2(C)NC(=O)N(CC(=O)Nc3ccc(OC(F)(F)F)cc3)C2=O)cc1. The van der Waals surface area contributed by atoms with Gasteiger partial charge in [-0.3, -0.25) is 14.5 Å². The molecular formula is C20H18F3N3O5. The number of rotatable bonds is 6. The van der Waals surface area contributed by atoms with Crippen LogP contribution in [-0.4, -0.2) is 42.8 Å². The Morgan fingerprint density at radius 2 is 1.65 bits per heavy atom. The summed E-state index contributed by atoms with van der Waals surface area (Å²) < 4.78 is 45.4. The predicted molar refractivity (Wildman–Crippen MR) is 102 cm³/mol. The first kappa shape index (κ1) is 21.9. The maximum Gasteiger partial charge on any atom is 0.573 e. The first-order chi connectivity index (χ1) is 14.5. The molecule has 2 aromatic rings. The van der Waals surface area contributed by atoms with Crippen molar-refractivity contribution in [1.29, 1.82) is 0 Å². The largest absolute Gasteiger partial charge is 0.573 e. The fourth-order valence-corrected chi connectivity index (χ4v) is 3.04. The summed E-state index contributed by atoms with van der Waals surface area (Å²) in [5, 5.41) is 4.99. The molecule has 2 N–H and O–H groups in total. The van der Waals surface area contributed by atoms with Crippen molar-refractivity contribution >= 4 is 23.5 Å². The fourth-order valence-electron chi connectivity index (χ4n) is 3.04. The van der Waals surface area contributed by atoms with E-state index in [-0.39, 0.29) is 5.69 Å². The van der Waals surface area contributed by atoms with Gasteiger partial charge >= 0.3 is 12.4 Å². The summed E-state index contributed by atoms with van der Waals surface area (Å²) in [4.78, 5) is 38.3. The predicted octanol–water partition coefficient (Wildman–Crippen LogP) is 3.00. The van der Waals surface area contributed by atoms with E-state index in [0.717, 1.165) is 17.0 Å². The number of anilines is 1. The van der Waals surface area contributed by atoms with E-state index in [1.54, 1.807) is 24.3 Å². The van der Waals surface area contributed by atoms with E-state index in [1.807, 2.05) is 0 Å². The van der Waals surface area contributed by atoms with Gasteiger partial charge < -0.3 is 20.1 Å². The number of urea groups is 1. The fraction of sp³-hybridized carbons (Fsp3) is 0.250. The molecule has 1 unspecified atom stereocenters. The highest BCUT2D eigenvalue weighted by atomic mass is 19.4. The van der Waals surface area contributed by atoms with Crippen LogP contribution in [0.1, 0.15) is 12.5 Å². The van der Waals surface area contributed by atoms with E-state index in [1.165, 1.54) is 26.2 Å². The molecule has 1 atom stereocenters. The summed E-state index contributed by atoms with van der Waals surface area (Å²) in [6.45, 7) is 0.948. The van der Waals surface area contributed by atoms with Gasteiger partial charge in [0.2, 0.25) is 5.91 Å². The van der Waals surface area contributed by atoms with Crippen LogP contribution < -0.4 is 20.1 Å². The Balaban J connectivity index is 1.66. The maximum absolute atomic E-state index is 12.9. The quantitative estimate of drug-likeness (QED) is 0.678. The molecule has 0 aromatic heterocycles. The van der Waals surface area contributed by atoms with Gasteiger partial charge in [-0.15, -0.1) is 13.2 Å². The number of nitrogens with one attached hydrogen (secondary N) is 2. The molecule has 11 heteroatoms. The molecule has 1 saturated heterocycles. The van der Waals surface area contributed by atoms with Crippen LogP contribution >= 0.6 is 0 Å². The van der Waals surface area contributed by atoms with Gasteiger partial charge in [-0.25, -0.2) is 4.79 Å². The van der Waals surface area contributed by atoms with Crippen LogP contribution in [0.4, 0.5) is 23.7 Å². The normalized spacial score (nSPS) is 18.5. The third kappa shape index (κ3) is 4.87. The van der Waals surface area contributed by atoms with Crippen LogP contribution in [0.2, 0.25) is 0 Å². The number of halogens is 3. The third-order valence-corrected chi connectivity index (χ3v) is 4.62. The standard InChI is InChI=1S/C20H18F3N3O5/c1-19(12-3-7-14(30-2)8-4-12)17(28)26(18(29)25-19)11-16(27)24-13-5-9-15(10-6-13)31-20(21,22)23/h3-10H,11H2,1-2H3,(H,24,27)(H,25,29). The minimum Gasteiger partial charge on any atom is -0.497 e. The van der Waals surface area contributed by atoms with Crippen molar-refractivity contribution < 1.29 is 37.0 Å². The number of nitrogens with zero attached hydrogens (tertiary/aromatic N) is 1. The minimum atomic E-state index is -4.83. The van der Waals surface area contributed by atoms with E-state index >= 15 is 0 Å². The number of methoxy groups -OCH3 is 1. The van der Waals surface area contributed by atoms with Gasteiger partial charge in [0.25, 0.3) is 5.91 Å². The second-order valence-electron chi connectivity index (χ2n) is 6.80. The molecule has 0 bridgehead atoms. The molecule has 1 heterocycles. The van der Waals surface area contributed by atoms with Gasteiger partial charge in [0.05, 0.1) is 7.11 Å². The van der Waals surface area contributed by atoms with Crippen molar-refractivity contribution in [3.8, 4) is 11.5 Å². The Morgan fingerprint density at radius 1 is 1.06 bits per heavy atom. The molecule has 1 aliphatic rings. The Morgan fingerprint density at radius 3 is 2.19 bits per heavy atom. The van der Waals surface area contributed by atoms with E-state index in [2.05, 4.69) is 15.4 Å². The molecule has 2 aromatic carbocycles. The number of benzene rings is 2. The number of amides is 4. The number of carbonyl (C=O) groups is 3. The lowest BCUT2D eigenvalue weighted by molar-refractivity contribution is -0.274. The molecule has 0 radical (unpaired) electrons. The molecule has 0 saturated carbocycles. The van der Waals surface area contributed by atoms with E-state index in [0.29, 0.717) is 11.3 Å². The highest BCUT2D eigenvalue weighted by molar-refractivity contribution is 6.10. The van der Waals surface area contributed by atoms with Crippen molar-refractivity contribution in [2.24, 2.45) is 0 Å². The molecule has 164 valence electrons. The van der Waals surface area contributed by atoms with E-state index < -0.39 is 42.0 Å². The van der Waals surface area contributed by atoms with Gasteiger partial charge in [0.15, 0.2) is 0 Å². The van der Waals surface area contributed by atoms with Gasteiger partial charge in [0.1, 0.15) is 23.6 Å². The lowest BCUT2D eigenvalue weighted by Crippen LogP contribution is -2.42.